The van der Waals surface area contributed by atoms with E-state index in [1.807, 2.05) is 18.2 Å². The number of hydrogen-bond acceptors (Lipinski definition) is 8. The van der Waals surface area contributed by atoms with E-state index in [0.717, 1.165) is 96.8 Å². The zero-order valence-electron chi connectivity index (χ0n) is 27.5. The van der Waals surface area contributed by atoms with Gasteiger partial charge in [0.2, 0.25) is 0 Å². The maximum atomic E-state index is 14.9. The molecule has 0 saturated carbocycles. The second kappa shape index (κ2) is 12.2. The lowest BCUT2D eigenvalue weighted by molar-refractivity contribution is 0.0484. The van der Waals surface area contributed by atoms with Gasteiger partial charge in [-0.15, -0.1) is 6.42 Å². The third kappa shape index (κ3) is 5.39. The maximum absolute atomic E-state index is 14.9. The lowest BCUT2D eigenvalue weighted by Crippen LogP contribution is -2.51. The summed E-state index contributed by atoms with van der Waals surface area (Å²) in [7, 11) is 3.40. The van der Waals surface area contributed by atoms with Crippen LogP contribution in [0, 0.1) is 18.2 Å². The molecule has 1 amide bonds. The van der Waals surface area contributed by atoms with E-state index in [4.69, 9.17) is 25.9 Å². The molecule has 0 radical (unpaired) electrons. The number of carbonyl (C=O) groups is 1. The Morgan fingerprint density at radius 1 is 1.10 bits per heavy atom. The molecule has 5 heterocycles. The molecular weight excluding hydrogens is 607 g/mol. The van der Waals surface area contributed by atoms with Crippen molar-refractivity contribution in [2.24, 2.45) is 0 Å². The topological polar surface area (TPSA) is 83.1 Å². The monoisotopic (exact) mass is 648 g/mol. The summed E-state index contributed by atoms with van der Waals surface area (Å²) >= 11 is 0. The first-order valence-corrected chi connectivity index (χ1v) is 17.1. The van der Waals surface area contributed by atoms with Crippen molar-refractivity contribution in [1.82, 2.24) is 25.1 Å². The Kier molecular flexibility index (Phi) is 7.85. The highest BCUT2D eigenvalue weighted by Crippen LogP contribution is 2.43. The van der Waals surface area contributed by atoms with E-state index in [9.17, 15) is 9.18 Å². The average molecular weight is 649 g/mol. The smallest absolute Gasteiger partial charge is 0.409 e. The summed E-state index contributed by atoms with van der Waals surface area (Å²) in [5.41, 5.74) is 2.66. The van der Waals surface area contributed by atoms with Gasteiger partial charge in [0.15, 0.2) is 0 Å². The fourth-order valence-electron chi connectivity index (χ4n) is 8.56. The van der Waals surface area contributed by atoms with Gasteiger partial charge in [-0.2, -0.15) is 9.97 Å². The van der Waals surface area contributed by atoms with Crippen LogP contribution in [0.15, 0.2) is 48.5 Å². The van der Waals surface area contributed by atoms with E-state index in [1.165, 1.54) is 11.0 Å². The van der Waals surface area contributed by atoms with Crippen molar-refractivity contribution in [2.45, 2.75) is 62.2 Å². The minimum atomic E-state index is -0.405. The van der Waals surface area contributed by atoms with E-state index in [2.05, 4.69) is 39.2 Å². The first kappa shape index (κ1) is 30.8. The molecule has 48 heavy (non-hydrogen) atoms. The molecule has 4 aliphatic heterocycles. The first-order chi connectivity index (χ1) is 23.3. The highest BCUT2D eigenvalue weighted by molar-refractivity contribution is 6.03. The summed E-state index contributed by atoms with van der Waals surface area (Å²) in [6, 6.07) is 16.7. The van der Waals surface area contributed by atoms with Gasteiger partial charge in [0.25, 0.3) is 0 Å². The van der Waals surface area contributed by atoms with Gasteiger partial charge in [-0.05, 0) is 79.8 Å². The Morgan fingerprint density at radius 3 is 2.73 bits per heavy atom. The number of amides is 1. The quantitative estimate of drug-likeness (QED) is 0.260. The second-order valence-electron chi connectivity index (χ2n) is 14.0. The van der Waals surface area contributed by atoms with Crippen LogP contribution in [0.2, 0.25) is 0 Å². The molecule has 8 rings (SSSR count). The van der Waals surface area contributed by atoms with Gasteiger partial charge in [-0.25, -0.2) is 9.18 Å². The SMILES string of the molecule is C#Cc1c(F)ccc2cccc(-c3ccc4c(N5CC6CCC(C5)N6)nc(OC[C@]56CCCN5[C@@H](COC(=O)N(C)C)CC6)nc4c3)c12. The Hall–Kier alpha value is -4.46. The van der Waals surface area contributed by atoms with Crippen molar-refractivity contribution in [3.05, 3.63) is 59.9 Å². The van der Waals surface area contributed by atoms with Crippen molar-refractivity contribution in [1.29, 1.82) is 0 Å². The molecule has 1 N–H and O–H groups in total. The van der Waals surface area contributed by atoms with Crippen molar-refractivity contribution in [3.8, 4) is 29.5 Å². The van der Waals surface area contributed by atoms with Crippen LogP contribution in [-0.4, -0.2) is 96.5 Å². The van der Waals surface area contributed by atoms with Gasteiger partial charge in [-0.3, -0.25) is 4.90 Å². The second-order valence-corrected chi connectivity index (χ2v) is 14.0. The highest BCUT2D eigenvalue weighted by atomic mass is 19.1. The predicted molar refractivity (Wildman–Crippen MR) is 185 cm³/mol. The molecule has 0 aliphatic carbocycles. The Bertz CT molecular complexity index is 1930. The lowest BCUT2D eigenvalue weighted by atomic mass is 9.94. The molecule has 0 spiro atoms. The van der Waals surface area contributed by atoms with E-state index < -0.39 is 5.82 Å². The largest absolute Gasteiger partial charge is 0.461 e. The van der Waals surface area contributed by atoms with Crippen LogP contribution < -0.4 is 15.0 Å². The van der Waals surface area contributed by atoms with Crippen molar-refractivity contribution in [2.75, 3.05) is 51.8 Å². The molecule has 4 saturated heterocycles. The normalized spacial score (nSPS) is 25.0. The van der Waals surface area contributed by atoms with E-state index in [1.54, 1.807) is 20.2 Å². The predicted octanol–water partition coefficient (Wildman–Crippen LogP) is 5.59. The van der Waals surface area contributed by atoms with Crippen molar-refractivity contribution in [3.63, 3.8) is 0 Å². The summed E-state index contributed by atoms with van der Waals surface area (Å²) in [5, 5.41) is 6.29. The summed E-state index contributed by atoms with van der Waals surface area (Å²) in [4.78, 5) is 28.5. The molecular formula is C38H41FN6O3. The standard InChI is InChI=1S/C38H41FN6O3/c1-4-29-32(39)14-10-24-7-5-8-30(34(24)29)25-9-13-31-33(19-25)41-36(42-35(31)44-20-26-11-12-27(21-44)40-26)48-23-38-16-6-18-45(38)28(15-17-38)22-47-37(46)43(2)3/h1,5,7-10,13-14,19,26-28,40H,6,11-12,15-18,20-23H2,2-3H3/t26?,27?,28-,38-/m1/s1. The lowest BCUT2D eigenvalue weighted by Gasteiger charge is -2.35. The number of piperazine rings is 1. The number of ether oxygens (including phenoxy) is 2. The number of terminal acetylenes is 1. The van der Waals surface area contributed by atoms with Crippen LogP contribution in [0.5, 0.6) is 6.01 Å². The van der Waals surface area contributed by atoms with Crippen LogP contribution in [0.1, 0.15) is 44.1 Å². The third-order valence-corrected chi connectivity index (χ3v) is 10.9. The molecule has 4 atom stereocenters. The summed E-state index contributed by atoms with van der Waals surface area (Å²) in [5.74, 6) is 3.06. The van der Waals surface area contributed by atoms with Crippen LogP contribution >= 0.6 is 0 Å². The minimum absolute atomic E-state index is 0.137. The number of hydrogen-bond donors (Lipinski definition) is 1. The van der Waals surface area contributed by atoms with E-state index in [0.29, 0.717) is 31.3 Å². The van der Waals surface area contributed by atoms with E-state index in [-0.39, 0.29) is 23.2 Å². The Labute approximate surface area is 280 Å². The molecule has 3 aromatic carbocycles. The summed E-state index contributed by atoms with van der Waals surface area (Å²) in [6.45, 7) is 3.56. The van der Waals surface area contributed by atoms with Crippen LogP contribution in [0.25, 0.3) is 32.8 Å². The number of carbonyl (C=O) groups excluding carboxylic acids is 1. The number of halogens is 1. The summed E-state index contributed by atoms with van der Waals surface area (Å²) in [6.07, 6.45) is 11.8. The fourth-order valence-corrected chi connectivity index (χ4v) is 8.56. The molecule has 2 bridgehead atoms. The molecule has 4 aliphatic rings. The van der Waals surface area contributed by atoms with Crippen molar-refractivity contribution < 1.29 is 18.7 Å². The number of nitrogens with one attached hydrogen (secondary N) is 1. The number of anilines is 1. The molecule has 4 aromatic rings. The zero-order chi connectivity index (χ0) is 33.0. The molecule has 2 unspecified atom stereocenters. The Balaban J connectivity index is 1.14. The molecule has 4 fully saturated rings. The number of nitrogens with zero attached hydrogens (tertiary/aromatic N) is 5. The number of aromatic nitrogens is 2. The maximum Gasteiger partial charge on any atom is 0.409 e. The number of rotatable bonds is 7. The molecule has 248 valence electrons. The highest BCUT2D eigenvalue weighted by Gasteiger charge is 2.50. The summed E-state index contributed by atoms with van der Waals surface area (Å²) < 4.78 is 27.0. The van der Waals surface area contributed by atoms with Crippen LogP contribution in [0.3, 0.4) is 0 Å². The third-order valence-electron chi connectivity index (χ3n) is 10.9. The first-order valence-electron chi connectivity index (χ1n) is 17.1. The van der Waals surface area contributed by atoms with Gasteiger partial charge in [0.1, 0.15) is 24.8 Å². The molecule has 9 nitrogen and oxygen atoms in total. The van der Waals surface area contributed by atoms with Gasteiger partial charge >= 0.3 is 12.1 Å². The van der Waals surface area contributed by atoms with Gasteiger partial charge in [-0.1, -0.05) is 36.3 Å². The van der Waals surface area contributed by atoms with Crippen LogP contribution in [-0.2, 0) is 4.74 Å². The van der Waals surface area contributed by atoms with E-state index >= 15 is 0 Å². The average Bonchev–Trinajstić information content (AvgIpc) is 3.77. The van der Waals surface area contributed by atoms with Gasteiger partial charge in [0.05, 0.1) is 16.6 Å². The fraction of sp³-hybridized carbons (Fsp3) is 0.447. The van der Waals surface area contributed by atoms with Gasteiger partial charge < -0.3 is 24.6 Å². The zero-order valence-corrected chi connectivity index (χ0v) is 27.5. The van der Waals surface area contributed by atoms with Crippen molar-refractivity contribution >= 4 is 33.6 Å². The minimum Gasteiger partial charge on any atom is -0.461 e. The Morgan fingerprint density at radius 2 is 1.94 bits per heavy atom. The number of fused-ring (bicyclic) bond motifs is 5. The van der Waals surface area contributed by atoms with Crippen LogP contribution in [0.4, 0.5) is 15.0 Å². The molecule has 10 heteroatoms. The number of benzene rings is 3. The molecule has 1 aromatic heterocycles. The van der Waals surface area contributed by atoms with Gasteiger partial charge in [0, 0.05) is 56.1 Å².